The van der Waals surface area contributed by atoms with Gasteiger partial charge in [-0.25, -0.2) is 26.9 Å². The Hall–Kier alpha value is -3.51. The number of allylic oxidation sites excluding steroid dienone is 2. The molecule has 2 saturated heterocycles. The Labute approximate surface area is 263 Å². The number of carbonyl (C=O) groups is 4. The van der Waals surface area contributed by atoms with Crippen molar-refractivity contribution in [3.8, 4) is 5.75 Å². The Kier molecular flexibility index (Phi) is 7.17. The first kappa shape index (κ1) is 31.5. The summed E-state index contributed by atoms with van der Waals surface area (Å²) in [5, 5.41) is 10.5. The lowest BCUT2D eigenvalue weighted by atomic mass is 9.56. The first-order chi connectivity index (χ1) is 21.0. The standard InChI is InChI=1S/C31H25Cl2F5N2O5/c1-4-7-39-26(42)15-6-5-14-16(17(15)27(39)43)10-30(32)28(44)40(24-22(37)20(35)19(34)21(36)23(24)38)29(45)31(30,33)18(14)13-8-11(2)25(41)12(3)9-13/h5,8-9,15-18,41H,4,6-7,10H2,1-3H3/t15-,16+,17-,18-,30+,31-/m0/s1. The molecule has 14 heteroatoms. The van der Waals surface area contributed by atoms with Gasteiger partial charge in [-0.15, -0.1) is 23.2 Å². The number of phenolic OH excluding ortho intramolecular Hbond substituents is 1. The van der Waals surface area contributed by atoms with Crippen LogP contribution in [0.15, 0.2) is 23.8 Å². The highest BCUT2D eigenvalue weighted by Gasteiger charge is 2.77. The number of halogens is 7. The minimum Gasteiger partial charge on any atom is -0.507 e. The van der Waals surface area contributed by atoms with Crippen molar-refractivity contribution in [2.24, 2.45) is 17.8 Å². The van der Waals surface area contributed by atoms with Crippen molar-refractivity contribution in [3.05, 3.63) is 69.6 Å². The van der Waals surface area contributed by atoms with Crippen molar-refractivity contribution in [1.82, 2.24) is 4.90 Å². The van der Waals surface area contributed by atoms with E-state index in [2.05, 4.69) is 0 Å². The topological polar surface area (TPSA) is 95.0 Å². The second kappa shape index (κ2) is 10.2. The van der Waals surface area contributed by atoms with Gasteiger partial charge in [-0.2, -0.15) is 0 Å². The third-order valence-corrected chi connectivity index (χ3v) is 11.0. The highest BCUT2D eigenvalue weighted by Crippen LogP contribution is 2.66. The number of imide groups is 2. The fourth-order valence-electron chi connectivity index (χ4n) is 7.61. The van der Waals surface area contributed by atoms with E-state index in [1.807, 2.05) is 0 Å². The van der Waals surface area contributed by atoms with Crippen molar-refractivity contribution in [1.29, 1.82) is 0 Å². The molecule has 1 N–H and O–H groups in total. The van der Waals surface area contributed by atoms with E-state index in [-0.39, 0.29) is 29.2 Å². The summed E-state index contributed by atoms with van der Waals surface area (Å²) in [6.45, 7) is 5.03. The van der Waals surface area contributed by atoms with Crippen LogP contribution in [-0.4, -0.2) is 49.9 Å². The summed E-state index contributed by atoms with van der Waals surface area (Å²) in [4.78, 5) is 51.1. The van der Waals surface area contributed by atoms with E-state index in [0.29, 0.717) is 23.1 Å². The van der Waals surface area contributed by atoms with Gasteiger partial charge in [0.25, 0.3) is 11.8 Å². The van der Waals surface area contributed by atoms with E-state index in [0.717, 1.165) is 4.90 Å². The van der Waals surface area contributed by atoms with Gasteiger partial charge in [0.05, 0.1) is 11.8 Å². The van der Waals surface area contributed by atoms with E-state index < -0.39 is 98.2 Å². The van der Waals surface area contributed by atoms with E-state index in [1.165, 1.54) is 12.1 Å². The molecule has 2 aromatic rings. The monoisotopic (exact) mass is 670 g/mol. The summed E-state index contributed by atoms with van der Waals surface area (Å²) < 4.78 is 72.8. The van der Waals surface area contributed by atoms with E-state index >= 15 is 8.78 Å². The zero-order chi connectivity index (χ0) is 33.1. The number of benzene rings is 2. The van der Waals surface area contributed by atoms with Crippen LogP contribution in [0.25, 0.3) is 0 Å². The highest BCUT2D eigenvalue weighted by atomic mass is 35.5. The lowest BCUT2D eigenvalue weighted by molar-refractivity contribution is -0.140. The van der Waals surface area contributed by atoms with E-state index in [4.69, 9.17) is 23.2 Å². The number of hydrogen-bond acceptors (Lipinski definition) is 5. The van der Waals surface area contributed by atoms with Gasteiger partial charge in [0.2, 0.25) is 17.6 Å². The molecule has 2 aliphatic carbocycles. The quantitative estimate of drug-likeness (QED) is 0.113. The Balaban J connectivity index is 1.61. The summed E-state index contributed by atoms with van der Waals surface area (Å²) in [6, 6.07) is 2.93. The van der Waals surface area contributed by atoms with Crippen molar-refractivity contribution >= 4 is 52.5 Å². The number of amides is 4. The molecule has 0 aromatic heterocycles. The van der Waals surface area contributed by atoms with Gasteiger partial charge in [-0.3, -0.25) is 24.1 Å². The molecule has 45 heavy (non-hydrogen) atoms. The number of rotatable bonds is 4. The zero-order valence-electron chi connectivity index (χ0n) is 24.0. The lowest BCUT2D eigenvalue weighted by Gasteiger charge is -2.50. The Morgan fingerprint density at radius 1 is 0.867 bits per heavy atom. The maximum atomic E-state index is 15.1. The van der Waals surface area contributed by atoms with Crippen molar-refractivity contribution in [2.45, 2.75) is 55.7 Å². The molecular weight excluding hydrogens is 646 g/mol. The Morgan fingerprint density at radius 3 is 1.98 bits per heavy atom. The number of nitrogens with zero attached hydrogens (tertiary/aromatic N) is 2. The van der Waals surface area contributed by atoms with Crippen LogP contribution in [0.5, 0.6) is 5.75 Å². The number of alkyl halides is 2. The largest absolute Gasteiger partial charge is 0.507 e. The first-order valence-corrected chi connectivity index (χ1v) is 14.9. The molecule has 4 amide bonds. The number of aryl methyl sites for hydroxylation is 2. The number of likely N-dealkylation sites (tertiary alicyclic amines) is 1. The van der Waals surface area contributed by atoms with Crippen LogP contribution in [0.1, 0.15) is 48.8 Å². The predicted molar refractivity (Wildman–Crippen MR) is 151 cm³/mol. The predicted octanol–water partition coefficient (Wildman–Crippen LogP) is 5.68. The Bertz CT molecular complexity index is 1730. The molecule has 6 atom stereocenters. The molecule has 2 aliphatic heterocycles. The molecule has 0 spiro atoms. The number of carbonyl (C=O) groups excluding carboxylic acids is 4. The van der Waals surface area contributed by atoms with Gasteiger partial charge in [-0.1, -0.05) is 30.7 Å². The van der Waals surface area contributed by atoms with Crippen LogP contribution in [-0.2, 0) is 19.2 Å². The van der Waals surface area contributed by atoms with Gasteiger partial charge >= 0.3 is 0 Å². The van der Waals surface area contributed by atoms with Gasteiger partial charge < -0.3 is 5.11 Å². The van der Waals surface area contributed by atoms with Crippen LogP contribution in [0.3, 0.4) is 0 Å². The van der Waals surface area contributed by atoms with Crippen molar-refractivity contribution in [3.63, 3.8) is 0 Å². The zero-order valence-corrected chi connectivity index (χ0v) is 25.5. The highest BCUT2D eigenvalue weighted by molar-refractivity contribution is 6.58. The molecule has 0 radical (unpaired) electrons. The summed E-state index contributed by atoms with van der Waals surface area (Å²) in [5.41, 5.74) is -0.580. The fraction of sp³-hybridized carbons (Fsp3) is 0.419. The van der Waals surface area contributed by atoms with Crippen LogP contribution >= 0.6 is 23.2 Å². The minimum absolute atomic E-state index is 0.0690. The van der Waals surface area contributed by atoms with E-state index in [1.54, 1.807) is 26.8 Å². The average molecular weight is 671 g/mol. The number of aromatic hydroxyl groups is 1. The molecule has 238 valence electrons. The molecular formula is C31H25Cl2F5N2O5. The second-order valence-corrected chi connectivity index (χ2v) is 13.3. The smallest absolute Gasteiger partial charge is 0.258 e. The maximum Gasteiger partial charge on any atom is 0.258 e. The van der Waals surface area contributed by atoms with Gasteiger partial charge in [-0.05, 0) is 55.7 Å². The van der Waals surface area contributed by atoms with Gasteiger partial charge in [0.1, 0.15) is 11.4 Å². The summed E-state index contributed by atoms with van der Waals surface area (Å²) in [6.07, 6.45) is 1.62. The summed E-state index contributed by atoms with van der Waals surface area (Å²) in [5.74, 6) is -20.5. The van der Waals surface area contributed by atoms with Crippen molar-refractivity contribution in [2.75, 3.05) is 11.4 Å². The molecule has 4 aliphatic rings. The molecule has 1 saturated carbocycles. The minimum atomic E-state index is -2.61. The Morgan fingerprint density at radius 2 is 1.42 bits per heavy atom. The molecule has 0 unspecified atom stereocenters. The van der Waals surface area contributed by atoms with Crippen LogP contribution in [0.2, 0.25) is 0 Å². The van der Waals surface area contributed by atoms with Crippen LogP contribution in [0, 0.1) is 60.7 Å². The number of fused-ring (bicyclic) bond motifs is 4. The van der Waals surface area contributed by atoms with Crippen LogP contribution in [0.4, 0.5) is 27.6 Å². The fourth-order valence-corrected chi connectivity index (χ4v) is 8.54. The molecule has 0 bridgehead atoms. The molecule has 6 rings (SSSR count). The number of phenols is 1. The summed E-state index contributed by atoms with van der Waals surface area (Å²) in [7, 11) is 0. The van der Waals surface area contributed by atoms with Gasteiger partial charge in [0, 0.05) is 12.5 Å². The number of anilines is 1. The average Bonchev–Trinajstić information content (AvgIpc) is 3.32. The second-order valence-electron chi connectivity index (χ2n) is 12.0. The molecule has 2 heterocycles. The molecule has 2 aromatic carbocycles. The lowest BCUT2D eigenvalue weighted by Crippen LogP contribution is -2.60. The SMILES string of the molecule is CCCN1C(=O)[C@H]2[C@H](CC=C3[C@H]2C[C@@]2(Cl)C(=O)N(c4c(F)c(F)c(F)c(F)c4F)C(=O)[C@@]2(Cl)[C@H]3c2cc(C)c(O)c(C)c2)C1=O. The van der Waals surface area contributed by atoms with Gasteiger partial charge in [0.15, 0.2) is 33.0 Å². The molecule has 7 nitrogen and oxygen atoms in total. The third kappa shape index (κ3) is 3.87. The first-order valence-electron chi connectivity index (χ1n) is 14.2. The van der Waals surface area contributed by atoms with E-state index in [9.17, 15) is 37.5 Å². The van der Waals surface area contributed by atoms with Crippen LogP contribution < -0.4 is 4.90 Å². The van der Waals surface area contributed by atoms with Crippen molar-refractivity contribution < 1.29 is 46.2 Å². The molecule has 3 fully saturated rings. The summed E-state index contributed by atoms with van der Waals surface area (Å²) >= 11 is 14.2. The maximum absolute atomic E-state index is 15.1. The number of hydrogen-bond donors (Lipinski definition) is 1. The normalized spacial score (nSPS) is 30.9. The third-order valence-electron chi connectivity index (χ3n) is 9.61.